The minimum absolute atomic E-state index is 0.180. The van der Waals surface area contributed by atoms with E-state index in [2.05, 4.69) is 184 Å². The normalized spacial score (nSPS) is 13.7. The molecule has 0 radical (unpaired) electrons. The fraction of sp³-hybridized carbons (Fsp3) is 0.631. The summed E-state index contributed by atoms with van der Waals surface area (Å²) in [5.74, 6) is -2.02. The van der Waals surface area contributed by atoms with E-state index in [-0.39, 0.29) is 32.2 Å². The summed E-state index contributed by atoms with van der Waals surface area (Å²) in [5, 5.41) is 9.76. The molecule has 0 amide bonds. The first kappa shape index (κ1) is 87.7. The molecular weight excluding hydrogens is 1150 g/mol. The molecular formula is C84H138NO8+. The Hall–Kier alpha value is -5.35. The fourth-order valence-corrected chi connectivity index (χ4v) is 9.86. The average Bonchev–Trinajstić information content (AvgIpc) is 3.73. The first-order valence-corrected chi connectivity index (χ1v) is 37.3. The first-order chi connectivity index (χ1) is 45.6. The van der Waals surface area contributed by atoms with Crippen LogP contribution in [0.2, 0.25) is 0 Å². The number of carboxylic acids is 1. The summed E-state index contributed by atoms with van der Waals surface area (Å²) in [6.07, 6.45) is 106. The molecule has 9 nitrogen and oxygen atoms in total. The van der Waals surface area contributed by atoms with Crippen LogP contribution >= 0.6 is 0 Å². The van der Waals surface area contributed by atoms with Gasteiger partial charge in [-0.2, -0.15) is 0 Å². The number of hydrogen-bond acceptors (Lipinski definition) is 7. The van der Waals surface area contributed by atoms with Crippen LogP contribution in [0.3, 0.4) is 0 Å². The lowest BCUT2D eigenvalue weighted by Crippen LogP contribution is -2.40. The second-order valence-corrected chi connectivity index (χ2v) is 25.5. The molecule has 0 aliphatic heterocycles. The maximum atomic E-state index is 13.0. The summed E-state index contributed by atoms with van der Waals surface area (Å²) in [4.78, 5) is 37.7. The van der Waals surface area contributed by atoms with Crippen molar-refractivity contribution >= 4 is 17.9 Å². The number of carbonyl (C=O) groups is 3. The Labute approximate surface area is 571 Å². The number of rotatable bonds is 67. The van der Waals surface area contributed by atoms with Gasteiger partial charge in [0, 0.05) is 12.8 Å². The highest BCUT2D eigenvalue weighted by molar-refractivity contribution is 5.71. The van der Waals surface area contributed by atoms with Crippen LogP contribution in [-0.2, 0) is 33.3 Å². The summed E-state index contributed by atoms with van der Waals surface area (Å²) >= 11 is 0. The van der Waals surface area contributed by atoms with Gasteiger partial charge in [0.05, 0.1) is 34.4 Å². The van der Waals surface area contributed by atoms with Gasteiger partial charge in [-0.05, 0) is 128 Å². The predicted molar refractivity (Wildman–Crippen MR) is 400 cm³/mol. The maximum Gasteiger partial charge on any atom is 0.361 e. The SMILES string of the molecule is CC/C=C\C/C=C\C/C=C\C/C=C\C/C=C\C/C=C\C/C=C\C/C=C\CCCCCCCCCCCCCCC(=O)OC(COC(=O)CCCCCCCCCCCCCC/C=C\C/C=C\C/C=C\C/C=C\C/C=C\C/C=C\CC)COC(OCC[N+](C)(C)C)C(=O)O. The van der Waals surface area contributed by atoms with Crippen LogP contribution in [0.4, 0.5) is 0 Å². The molecule has 0 aliphatic rings. The number of carbonyl (C=O) groups excluding carboxylic acids is 2. The van der Waals surface area contributed by atoms with Crippen molar-refractivity contribution in [2.24, 2.45) is 0 Å². The Bertz CT molecular complexity index is 2140. The number of ether oxygens (including phenoxy) is 4. The van der Waals surface area contributed by atoms with Crippen molar-refractivity contribution in [1.29, 1.82) is 0 Å². The minimum Gasteiger partial charge on any atom is -0.477 e. The maximum absolute atomic E-state index is 13.0. The quantitative estimate of drug-likeness (QED) is 0.0211. The van der Waals surface area contributed by atoms with E-state index in [1.165, 1.54) is 122 Å². The molecule has 0 aromatic rings. The molecule has 0 saturated heterocycles. The number of likely N-dealkylation sites (N-methyl/N-ethyl adjacent to an activating group) is 1. The summed E-state index contributed by atoms with van der Waals surface area (Å²) in [6.45, 7) is 4.64. The van der Waals surface area contributed by atoms with Crippen molar-refractivity contribution in [3.63, 3.8) is 0 Å². The molecule has 1 N–H and O–H groups in total. The molecule has 2 atom stereocenters. The van der Waals surface area contributed by atoms with E-state index >= 15 is 0 Å². The molecule has 0 saturated carbocycles. The fourth-order valence-electron chi connectivity index (χ4n) is 9.86. The highest BCUT2D eigenvalue weighted by Gasteiger charge is 2.25. The third kappa shape index (κ3) is 73.9. The van der Waals surface area contributed by atoms with Crippen LogP contribution in [0.1, 0.15) is 284 Å². The van der Waals surface area contributed by atoms with Gasteiger partial charge in [-0.3, -0.25) is 9.59 Å². The van der Waals surface area contributed by atoms with Crippen LogP contribution in [-0.4, -0.2) is 87.4 Å². The Morgan fingerprint density at radius 2 is 0.581 bits per heavy atom. The lowest BCUT2D eigenvalue weighted by atomic mass is 10.0. The summed E-state index contributed by atoms with van der Waals surface area (Å²) in [6, 6.07) is 0. The van der Waals surface area contributed by atoms with E-state index in [1.807, 2.05) is 21.1 Å². The zero-order chi connectivity index (χ0) is 67.5. The van der Waals surface area contributed by atoms with Crippen molar-refractivity contribution in [3.8, 4) is 0 Å². The van der Waals surface area contributed by atoms with Crippen molar-refractivity contribution in [1.82, 2.24) is 0 Å². The number of carboxylic acid groups (broad SMARTS) is 1. The van der Waals surface area contributed by atoms with Crippen molar-refractivity contribution < 1.29 is 42.9 Å². The monoisotopic (exact) mass is 1290 g/mol. The van der Waals surface area contributed by atoms with E-state index in [9.17, 15) is 19.5 Å². The molecule has 0 aliphatic carbocycles. The zero-order valence-electron chi connectivity index (χ0n) is 60.1. The van der Waals surface area contributed by atoms with Gasteiger partial charge in [0.2, 0.25) is 0 Å². The Morgan fingerprint density at radius 1 is 0.323 bits per heavy atom. The number of allylic oxidation sites excluding steroid dienone is 28. The Kier molecular flexibility index (Phi) is 68.3. The Morgan fingerprint density at radius 3 is 0.860 bits per heavy atom. The topological polar surface area (TPSA) is 108 Å². The van der Waals surface area contributed by atoms with Gasteiger partial charge in [0.15, 0.2) is 6.10 Å². The van der Waals surface area contributed by atoms with Gasteiger partial charge < -0.3 is 28.5 Å². The van der Waals surface area contributed by atoms with Gasteiger partial charge in [-0.25, -0.2) is 4.79 Å². The molecule has 0 heterocycles. The van der Waals surface area contributed by atoms with Crippen molar-refractivity contribution in [2.75, 3.05) is 47.5 Å². The predicted octanol–water partition coefficient (Wildman–Crippen LogP) is 23.8. The molecule has 0 aromatic carbocycles. The highest BCUT2D eigenvalue weighted by Crippen LogP contribution is 2.17. The molecule has 526 valence electrons. The molecule has 0 spiro atoms. The van der Waals surface area contributed by atoms with Crippen molar-refractivity contribution in [3.05, 3.63) is 170 Å². The molecule has 93 heavy (non-hydrogen) atoms. The molecule has 0 bridgehead atoms. The van der Waals surface area contributed by atoms with Crippen LogP contribution < -0.4 is 0 Å². The molecule has 0 aromatic heterocycles. The van der Waals surface area contributed by atoms with Gasteiger partial charge in [-0.1, -0.05) is 312 Å². The largest absolute Gasteiger partial charge is 0.477 e. The van der Waals surface area contributed by atoms with Crippen LogP contribution in [0.15, 0.2) is 170 Å². The molecule has 9 heteroatoms. The van der Waals surface area contributed by atoms with Crippen molar-refractivity contribution in [2.45, 2.75) is 296 Å². The number of nitrogens with zero attached hydrogens (tertiary/aromatic N) is 1. The second-order valence-electron chi connectivity index (χ2n) is 25.5. The Balaban J connectivity index is 4.14. The van der Waals surface area contributed by atoms with Gasteiger partial charge in [0.1, 0.15) is 13.2 Å². The smallest absolute Gasteiger partial charge is 0.361 e. The number of esters is 2. The molecule has 0 rings (SSSR count). The first-order valence-electron chi connectivity index (χ1n) is 37.3. The molecule has 2 unspecified atom stereocenters. The van der Waals surface area contributed by atoms with Crippen LogP contribution in [0.25, 0.3) is 0 Å². The number of unbranched alkanes of at least 4 members (excludes halogenated alkanes) is 24. The van der Waals surface area contributed by atoms with Gasteiger partial charge >= 0.3 is 17.9 Å². The molecule has 0 fully saturated rings. The van der Waals surface area contributed by atoms with Gasteiger partial charge in [-0.15, -0.1) is 0 Å². The number of aliphatic carboxylic acids is 1. The van der Waals surface area contributed by atoms with Crippen LogP contribution in [0.5, 0.6) is 0 Å². The van der Waals surface area contributed by atoms with E-state index in [4.69, 9.17) is 18.9 Å². The van der Waals surface area contributed by atoms with E-state index in [0.717, 1.165) is 128 Å². The summed E-state index contributed by atoms with van der Waals surface area (Å²) in [7, 11) is 5.97. The third-order valence-electron chi connectivity index (χ3n) is 15.5. The van der Waals surface area contributed by atoms with E-state index in [1.54, 1.807) is 0 Å². The van der Waals surface area contributed by atoms with E-state index in [0.29, 0.717) is 23.9 Å². The minimum atomic E-state index is -1.52. The summed E-state index contributed by atoms with van der Waals surface area (Å²) < 4.78 is 23.0. The highest BCUT2D eigenvalue weighted by atomic mass is 16.7. The van der Waals surface area contributed by atoms with Crippen LogP contribution in [0, 0.1) is 0 Å². The number of quaternary nitrogens is 1. The second kappa shape index (κ2) is 72.5. The zero-order valence-corrected chi connectivity index (χ0v) is 60.1. The van der Waals surface area contributed by atoms with E-state index < -0.39 is 24.3 Å². The van der Waals surface area contributed by atoms with Gasteiger partial charge in [0.25, 0.3) is 6.29 Å². The number of hydrogen-bond donors (Lipinski definition) is 1. The standard InChI is InChI=1S/C84H137NO8/c1-6-8-10-12-14-16-18-20-22-24-26-28-30-32-34-36-38-39-40-41-42-43-45-47-49-51-53-55-57-59-61-63-65-67-69-71-73-75-82(87)93-80(79-92-84(83(88)89)90-77-76-85(3,4)5)78-91-81(86)74-72-70-68-66-64-62-60-58-56-54-52-50-48-46-44-37-35-33-31-29-27-25-23-21-19-17-15-13-11-9-7-2/h8-11,14-17,20-23,26-29,32-35,38-39,41-42,44-47,80,84H,6-7,12-13,18-19,24-25,30-31,36-37,40,43,48-79H2,1-5H3/p+1/b10-8-,11-9-,16-14-,17-15-,22-20-,23-21-,28-26-,29-27-,34-32-,35-33-,39-38-,42-41-,46-44-,47-45-. The summed E-state index contributed by atoms with van der Waals surface area (Å²) in [5.41, 5.74) is 0. The lowest BCUT2D eigenvalue weighted by molar-refractivity contribution is -0.870. The third-order valence-corrected chi connectivity index (χ3v) is 15.5. The lowest BCUT2D eigenvalue weighted by Gasteiger charge is -2.25. The average molecular weight is 1290 g/mol.